The lowest BCUT2D eigenvalue weighted by Gasteiger charge is -2.35. The number of benzene rings is 1. The quantitative estimate of drug-likeness (QED) is 0.816. The second-order valence-corrected chi connectivity index (χ2v) is 7.00. The summed E-state index contributed by atoms with van der Waals surface area (Å²) in [6.45, 7) is 6.07. The van der Waals surface area contributed by atoms with Crippen LogP contribution < -0.4 is 4.48 Å². The Kier molecular flexibility index (Phi) is 3.83. The van der Waals surface area contributed by atoms with Crippen molar-refractivity contribution in [2.75, 3.05) is 7.11 Å². The molecular weight excluding hydrogens is 289 g/mol. The maximum absolute atomic E-state index is 6.21. The molecule has 1 aromatic heterocycles. The third kappa shape index (κ3) is 2.69. The van der Waals surface area contributed by atoms with Crippen LogP contribution in [0.1, 0.15) is 27.7 Å². The molecule has 0 bridgehead atoms. The Balaban J connectivity index is 1.95. The second-order valence-electron chi connectivity index (χ2n) is 7.00. The van der Waals surface area contributed by atoms with Crippen LogP contribution in [0.2, 0.25) is 0 Å². The van der Waals surface area contributed by atoms with E-state index in [9.17, 15) is 0 Å². The van der Waals surface area contributed by atoms with Gasteiger partial charge in [-0.05, 0) is 45.9 Å². The van der Waals surface area contributed by atoms with Gasteiger partial charge in [0.05, 0.1) is 11.2 Å². The molecule has 0 radical (unpaired) electrons. The SMILES string of the molecule is CO[B-]1([n+]2ccc(-c3ccccc3)cc2)OC(C)(C)C(C)(C)O1. The maximum Gasteiger partial charge on any atom is 0.701 e. The van der Waals surface area contributed by atoms with E-state index in [0.29, 0.717) is 0 Å². The summed E-state index contributed by atoms with van der Waals surface area (Å²) in [4.78, 5) is 0. The molecule has 2 aromatic rings. The molecule has 0 atom stereocenters. The monoisotopic (exact) mass is 313 g/mol. The molecule has 1 fully saturated rings. The van der Waals surface area contributed by atoms with Crippen molar-refractivity contribution < 1.29 is 18.4 Å². The van der Waals surface area contributed by atoms with Crippen LogP contribution in [-0.4, -0.2) is 25.2 Å². The van der Waals surface area contributed by atoms with Gasteiger partial charge in [-0.1, -0.05) is 30.3 Å². The molecule has 1 aliphatic heterocycles. The van der Waals surface area contributed by atoms with Gasteiger partial charge >= 0.3 is 6.89 Å². The van der Waals surface area contributed by atoms with Crippen molar-refractivity contribution in [3.63, 3.8) is 0 Å². The molecule has 0 spiro atoms. The highest BCUT2D eigenvalue weighted by Gasteiger charge is 2.61. The summed E-state index contributed by atoms with van der Waals surface area (Å²) in [5.74, 6) is 0. The summed E-state index contributed by atoms with van der Waals surface area (Å²) in [6.07, 6.45) is 3.90. The van der Waals surface area contributed by atoms with Crippen molar-refractivity contribution >= 4 is 6.89 Å². The molecule has 1 saturated heterocycles. The molecule has 1 aliphatic rings. The Morgan fingerprint density at radius 3 is 1.78 bits per heavy atom. The Morgan fingerprint density at radius 1 is 0.826 bits per heavy atom. The maximum atomic E-state index is 6.21. The van der Waals surface area contributed by atoms with Gasteiger partial charge in [0.1, 0.15) is 12.4 Å². The third-order valence-corrected chi connectivity index (χ3v) is 4.96. The van der Waals surface area contributed by atoms with E-state index >= 15 is 0 Å². The van der Waals surface area contributed by atoms with Crippen molar-refractivity contribution in [1.82, 2.24) is 0 Å². The van der Waals surface area contributed by atoms with Crippen molar-refractivity contribution in [2.24, 2.45) is 0 Å². The Bertz CT molecular complexity index is 667. The van der Waals surface area contributed by atoms with Crippen LogP contribution in [0.25, 0.3) is 11.1 Å². The first-order valence-corrected chi connectivity index (χ1v) is 7.95. The van der Waals surface area contributed by atoms with Gasteiger partial charge < -0.3 is 18.4 Å². The molecular formula is C18H24BNO3. The molecule has 3 rings (SSSR count). The predicted molar refractivity (Wildman–Crippen MR) is 90.6 cm³/mol. The summed E-state index contributed by atoms with van der Waals surface area (Å²) >= 11 is 0. The van der Waals surface area contributed by atoms with E-state index in [-0.39, 0.29) is 0 Å². The number of hydrogen-bond acceptors (Lipinski definition) is 3. The van der Waals surface area contributed by atoms with E-state index in [0.717, 1.165) is 5.56 Å². The summed E-state index contributed by atoms with van der Waals surface area (Å²) in [5.41, 5.74) is 1.41. The van der Waals surface area contributed by atoms with Crippen LogP contribution in [0.15, 0.2) is 54.9 Å². The highest BCUT2D eigenvalue weighted by Crippen LogP contribution is 2.40. The summed E-state index contributed by atoms with van der Waals surface area (Å²) in [6, 6.07) is 14.3. The first-order chi connectivity index (χ1) is 10.8. The van der Waals surface area contributed by atoms with Gasteiger partial charge in [0.2, 0.25) is 0 Å². The van der Waals surface area contributed by atoms with E-state index < -0.39 is 18.1 Å². The minimum Gasteiger partial charge on any atom is -0.479 e. The van der Waals surface area contributed by atoms with E-state index in [1.165, 1.54) is 5.56 Å². The average Bonchev–Trinajstić information content (AvgIpc) is 2.74. The topological polar surface area (TPSA) is 31.6 Å². The first kappa shape index (κ1) is 16.2. The number of hydrogen-bond donors (Lipinski definition) is 0. The minimum atomic E-state index is -2.02. The molecule has 0 saturated carbocycles. The molecule has 23 heavy (non-hydrogen) atoms. The van der Waals surface area contributed by atoms with E-state index in [1.54, 1.807) is 7.11 Å². The summed E-state index contributed by atoms with van der Waals surface area (Å²) in [5, 5.41) is 0. The Labute approximate surface area is 138 Å². The van der Waals surface area contributed by atoms with Gasteiger partial charge in [0.15, 0.2) is 0 Å². The van der Waals surface area contributed by atoms with Gasteiger partial charge in [-0.3, -0.25) is 0 Å². The fourth-order valence-electron chi connectivity index (χ4n) is 2.86. The molecule has 0 unspecified atom stereocenters. The molecule has 0 aliphatic carbocycles. The van der Waals surface area contributed by atoms with Gasteiger partial charge in [0, 0.05) is 12.1 Å². The van der Waals surface area contributed by atoms with Crippen molar-refractivity contribution in [2.45, 2.75) is 38.9 Å². The fraction of sp³-hybridized carbons (Fsp3) is 0.389. The zero-order valence-corrected chi connectivity index (χ0v) is 14.4. The number of pyridine rings is 1. The molecule has 2 heterocycles. The summed E-state index contributed by atoms with van der Waals surface area (Å²) in [7, 11) is 1.62. The third-order valence-electron chi connectivity index (χ3n) is 4.96. The Morgan fingerprint density at radius 2 is 1.30 bits per heavy atom. The highest BCUT2D eigenvalue weighted by atomic mass is 16.8. The molecule has 0 amide bonds. The lowest BCUT2D eigenvalue weighted by molar-refractivity contribution is -0.592. The van der Waals surface area contributed by atoms with Gasteiger partial charge in [-0.15, -0.1) is 0 Å². The normalized spacial score (nSPS) is 21.3. The van der Waals surface area contributed by atoms with Crippen LogP contribution in [0.5, 0.6) is 0 Å². The number of aromatic nitrogens is 1. The van der Waals surface area contributed by atoms with Gasteiger partial charge in [-0.2, -0.15) is 0 Å². The predicted octanol–water partition coefficient (Wildman–Crippen LogP) is 3.18. The Hall–Kier alpha value is -1.69. The molecule has 1 aromatic carbocycles. The van der Waals surface area contributed by atoms with Crippen LogP contribution >= 0.6 is 0 Å². The number of nitrogens with zero attached hydrogens (tertiary/aromatic N) is 1. The number of rotatable bonds is 3. The smallest absolute Gasteiger partial charge is 0.479 e. The zero-order chi connectivity index (χ0) is 16.7. The average molecular weight is 313 g/mol. The fourth-order valence-corrected chi connectivity index (χ4v) is 2.86. The van der Waals surface area contributed by atoms with Gasteiger partial charge in [0.25, 0.3) is 0 Å². The summed E-state index contributed by atoms with van der Waals surface area (Å²) < 4.78 is 20.0. The van der Waals surface area contributed by atoms with Crippen LogP contribution in [0.3, 0.4) is 0 Å². The first-order valence-electron chi connectivity index (χ1n) is 7.95. The van der Waals surface area contributed by atoms with E-state index in [2.05, 4.69) is 12.1 Å². The van der Waals surface area contributed by atoms with E-state index in [1.807, 2.05) is 74.9 Å². The van der Waals surface area contributed by atoms with Crippen molar-refractivity contribution in [3.05, 3.63) is 54.9 Å². The minimum absolute atomic E-state index is 0.450. The standard InChI is InChI=1S/C18H24BNO3/c1-17(2)18(3,4)23-19(21-5,22-17)20-13-11-16(12-14-20)15-9-7-6-8-10-15/h6-14H,1-5H3. The lowest BCUT2D eigenvalue weighted by Crippen LogP contribution is -2.68. The van der Waals surface area contributed by atoms with Crippen LogP contribution in [0, 0.1) is 0 Å². The van der Waals surface area contributed by atoms with Crippen LogP contribution in [-0.2, 0) is 14.0 Å². The van der Waals surface area contributed by atoms with Crippen molar-refractivity contribution in [1.29, 1.82) is 0 Å². The van der Waals surface area contributed by atoms with Crippen LogP contribution in [0.4, 0.5) is 0 Å². The largest absolute Gasteiger partial charge is 0.701 e. The van der Waals surface area contributed by atoms with E-state index in [4.69, 9.17) is 14.0 Å². The molecule has 4 nitrogen and oxygen atoms in total. The van der Waals surface area contributed by atoms with Gasteiger partial charge in [-0.25, -0.2) is 0 Å². The van der Waals surface area contributed by atoms with Crippen molar-refractivity contribution in [3.8, 4) is 11.1 Å². The molecule has 122 valence electrons. The lowest BCUT2D eigenvalue weighted by atomic mass is 9.90. The molecule has 0 N–H and O–H groups in total. The molecule has 5 heteroatoms. The zero-order valence-electron chi connectivity index (χ0n) is 14.4. The second kappa shape index (κ2) is 5.44. The highest BCUT2D eigenvalue weighted by molar-refractivity contribution is 6.52.